The molecule has 0 amide bonds. The van der Waals surface area contributed by atoms with E-state index in [1.54, 1.807) is 7.11 Å². The molecule has 0 bridgehead atoms. The maximum atomic E-state index is 6.06. The standard InChI is InChI=1S/C17H21ClN2O/c1-21-15-6-5-12-7-8-19-17(16(12)9-15)20-11-14-4-2-3-13(14)10-18/h5-9,13-14H,2-4,10-11H2,1H3,(H,19,20). The van der Waals surface area contributed by atoms with Gasteiger partial charge in [-0.1, -0.05) is 12.5 Å². The van der Waals surface area contributed by atoms with Gasteiger partial charge in [-0.3, -0.25) is 0 Å². The number of alkyl halides is 1. The van der Waals surface area contributed by atoms with E-state index in [1.807, 2.05) is 24.4 Å². The van der Waals surface area contributed by atoms with E-state index in [0.717, 1.165) is 29.4 Å². The topological polar surface area (TPSA) is 34.1 Å². The summed E-state index contributed by atoms with van der Waals surface area (Å²) in [5, 5.41) is 5.80. The first-order valence-corrected chi connectivity index (χ1v) is 8.08. The number of nitrogens with zero attached hydrogens (tertiary/aromatic N) is 1. The lowest BCUT2D eigenvalue weighted by atomic mass is 9.98. The fourth-order valence-electron chi connectivity index (χ4n) is 3.23. The molecule has 112 valence electrons. The van der Waals surface area contributed by atoms with Gasteiger partial charge in [0.1, 0.15) is 11.6 Å². The summed E-state index contributed by atoms with van der Waals surface area (Å²) in [5.74, 6) is 3.86. The second-order valence-corrected chi connectivity index (χ2v) is 6.04. The quantitative estimate of drug-likeness (QED) is 0.836. The number of ether oxygens (including phenoxy) is 1. The predicted molar refractivity (Wildman–Crippen MR) is 88.3 cm³/mol. The summed E-state index contributed by atoms with van der Waals surface area (Å²) in [6.07, 6.45) is 5.66. The Morgan fingerprint density at radius 1 is 1.29 bits per heavy atom. The molecular weight excluding hydrogens is 284 g/mol. The number of benzene rings is 1. The third-order valence-corrected chi connectivity index (χ3v) is 4.92. The van der Waals surface area contributed by atoms with Crippen LogP contribution in [0.15, 0.2) is 30.5 Å². The molecule has 0 aliphatic heterocycles. The number of methoxy groups -OCH3 is 1. The maximum Gasteiger partial charge on any atom is 0.133 e. The Balaban J connectivity index is 1.80. The number of aromatic nitrogens is 1. The molecule has 3 rings (SSSR count). The van der Waals surface area contributed by atoms with Crippen molar-refractivity contribution in [3.63, 3.8) is 0 Å². The molecule has 3 nitrogen and oxygen atoms in total. The van der Waals surface area contributed by atoms with Crippen LogP contribution in [0.25, 0.3) is 10.8 Å². The number of halogens is 1. The number of fused-ring (bicyclic) bond motifs is 1. The Morgan fingerprint density at radius 3 is 2.95 bits per heavy atom. The monoisotopic (exact) mass is 304 g/mol. The lowest BCUT2D eigenvalue weighted by Crippen LogP contribution is -2.19. The van der Waals surface area contributed by atoms with Gasteiger partial charge in [-0.05, 0) is 48.3 Å². The summed E-state index contributed by atoms with van der Waals surface area (Å²) >= 11 is 6.06. The van der Waals surface area contributed by atoms with Crippen molar-refractivity contribution < 1.29 is 4.74 Å². The lowest BCUT2D eigenvalue weighted by molar-refractivity contribution is 0.415. The third kappa shape index (κ3) is 3.08. The molecule has 2 aromatic rings. The maximum absolute atomic E-state index is 6.06. The van der Waals surface area contributed by atoms with Gasteiger partial charge in [0.25, 0.3) is 0 Å². The Morgan fingerprint density at radius 2 is 2.14 bits per heavy atom. The average molecular weight is 305 g/mol. The third-order valence-electron chi connectivity index (χ3n) is 4.52. The smallest absolute Gasteiger partial charge is 0.133 e. The van der Waals surface area contributed by atoms with Crippen LogP contribution in [0.4, 0.5) is 5.82 Å². The van der Waals surface area contributed by atoms with Crippen LogP contribution in [0.2, 0.25) is 0 Å². The van der Waals surface area contributed by atoms with E-state index in [0.29, 0.717) is 11.8 Å². The number of hydrogen-bond donors (Lipinski definition) is 1. The Labute approximate surface area is 130 Å². The van der Waals surface area contributed by atoms with E-state index < -0.39 is 0 Å². The first-order valence-electron chi connectivity index (χ1n) is 7.54. The Hall–Kier alpha value is -1.48. The molecule has 1 aromatic carbocycles. The number of anilines is 1. The highest BCUT2D eigenvalue weighted by Crippen LogP contribution is 2.33. The summed E-state index contributed by atoms with van der Waals surface area (Å²) in [5.41, 5.74) is 0. The molecule has 1 aliphatic carbocycles. The molecule has 0 radical (unpaired) electrons. The average Bonchev–Trinajstić information content (AvgIpc) is 2.99. The van der Waals surface area contributed by atoms with Gasteiger partial charge in [-0.2, -0.15) is 0 Å². The van der Waals surface area contributed by atoms with E-state index in [2.05, 4.69) is 16.4 Å². The zero-order chi connectivity index (χ0) is 14.7. The highest BCUT2D eigenvalue weighted by Gasteiger charge is 2.26. The second-order valence-electron chi connectivity index (χ2n) is 5.73. The number of pyridine rings is 1. The molecule has 1 aromatic heterocycles. The van der Waals surface area contributed by atoms with Crippen molar-refractivity contribution in [3.05, 3.63) is 30.5 Å². The van der Waals surface area contributed by atoms with E-state index in [4.69, 9.17) is 16.3 Å². The summed E-state index contributed by atoms with van der Waals surface area (Å²) in [7, 11) is 1.69. The molecule has 4 heteroatoms. The van der Waals surface area contributed by atoms with Crippen molar-refractivity contribution in [2.75, 3.05) is 24.9 Å². The molecule has 2 atom stereocenters. The molecular formula is C17H21ClN2O. The minimum absolute atomic E-state index is 0.642. The van der Waals surface area contributed by atoms with Crippen molar-refractivity contribution in [2.24, 2.45) is 11.8 Å². The lowest BCUT2D eigenvalue weighted by Gasteiger charge is -2.18. The van der Waals surface area contributed by atoms with Gasteiger partial charge in [-0.25, -0.2) is 4.98 Å². The predicted octanol–water partition coefficient (Wildman–Crippen LogP) is 4.31. The van der Waals surface area contributed by atoms with Gasteiger partial charge >= 0.3 is 0 Å². The van der Waals surface area contributed by atoms with Crippen LogP contribution in [0, 0.1) is 11.8 Å². The highest BCUT2D eigenvalue weighted by atomic mass is 35.5. The highest BCUT2D eigenvalue weighted by molar-refractivity contribution is 6.18. The first-order chi connectivity index (χ1) is 10.3. The van der Waals surface area contributed by atoms with Crippen LogP contribution in [-0.2, 0) is 0 Å². The molecule has 1 saturated carbocycles. The molecule has 1 heterocycles. The van der Waals surface area contributed by atoms with Crippen molar-refractivity contribution >= 4 is 28.2 Å². The van der Waals surface area contributed by atoms with E-state index in [-0.39, 0.29) is 0 Å². The van der Waals surface area contributed by atoms with Gasteiger partial charge in [0, 0.05) is 24.0 Å². The van der Waals surface area contributed by atoms with Gasteiger partial charge in [-0.15, -0.1) is 11.6 Å². The largest absolute Gasteiger partial charge is 0.497 e. The zero-order valence-electron chi connectivity index (χ0n) is 12.3. The fourth-order valence-corrected chi connectivity index (χ4v) is 3.63. The van der Waals surface area contributed by atoms with Gasteiger partial charge < -0.3 is 10.1 Å². The summed E-state index contributed by atoms with van der Waals surface area (Å²) in [6.45, 7) is 0.945. The summed E-state index contributed by atoms with van der Waals surface area (Å²) < 4.78 is 5.32. The SMILES string of the molecule is COc1ccc2ccnc(NCC3CCCC3CCl)c2c1. The molecule has 1 fully saturated rings. The number of nitrogens with one attached hydrogen (secondary N) is 1. The molecule has 21 heavy (non-hydrogen) atoms. The van der Waals surface area contributed by atoms with Crippen molar-refractivity contribution in [2.45, 2.75) is 19.3 Å². The van der Waals surface area contributed by atoms with Crippen LogP contribution in [0.5, 0.6) is 5.75 Å². The van der Waals surface area contributed by atoms with Crippen molar-refractivity contribution in [1.82, 2.24) is 4.98 Å². The van der Waals surface area contributed by atoms with E-state index >= 15 is 0 Å². The Kier molecular flexibility index (Phi) is 4.49. The van der Waals surface area contributed by atoms with Crippen LogP contribution in [-0.4, -0.2) is 24.5 Å². The van der Waals surface area contributed by atoms with Crippen molar-refractivity contribution in [1.29, 1.82) is 0 Å². The normalized spacial score (nSPS) is 21.6. The van der Waals surface area contributed by atoms with Crippen LogP contribution in [0.3, 0.4) is 0 Å². The van der Waals surface area contributed by atoms with Crippen molar-refractivity contribution in [3.8, 4) is 5.75 Å². The molecule has 1 aliphatic rings. The molecule has 1 N–H and O–H groups in total. The Bertz CT molecular complexity index is 617. The molecule has 0 saturated heterocycles. The second kappa shape index (κ2) is 6.52. The fraction of sp³-hybridized carbons (Fsp3) is 0.471. The van der Waals surface area contributed by atoms with Gasteiger partial charge in [0.05, 0.1) is 7.11 Å². The minimum atomic E-state index is 0.642. The number of rotatable bonds is 5. The van der Waals surface area contributed by atoms with Crippen LogP contribution < -0.4 is 10.1 Å². The van der Waals surface area contributed by atoms with Gasteiger partial charge in [0.2, 0.25) is 0 Å². The molecule has 2 unspecified atom stereocenters. The minimum Gasteiger partial charge on any atom is -0.497 e. The van der Waals surface area contributed by atoms with Crippen LogP contribution in [0.1, 0.15) is 19.3 Å². The van der Waals surface area contributed by atoms with Gasteiger partial charge in [0.15, 0.2) is 0 Å². The zero-order valence-corrected chi connectivity index (χ0v) is 13.1. The number of hydrogen-bond acceptors (Lipinski definition) is 3. The molecule has 0 spiro atoms. The first kappa shape index (κ1) is 14.5. The van der Waals surface area contributed by atoms with E-state index in [1.165, 1.54) is 24.6 Å². The van der Waals surface area contributed by atoms with E-state index in [9.17, 15) is 0 Å². The summed E-state index contributed by atoms with van der Waals surface area (Å²) in [6, 6.07) is 8.11. The van der Waals surface area contributed by atoms with Crippen LogP contribution >= 0.6 is 11.6 Å². The summed E-state index contributed by atoms with van der Waals surface area (Å²) in [4.78, 5) is 4.49.